The molecule has 3 heteroatoms. The fourth-order valence-electron chi connectivity index (χ4n) is 5.16. The number of hydrogen-bond acceptors (Lipinski definition) is 3. The molecule has 1 aliphatic carbocycles. The average molecular weight is 353 g/mol. The standard InChI is InChI=1S/C22H40O3/c1-16(15-20(24)25-7)9-10-17(2)22(6)14-8-13-21(4,5)19(22)12-11-18(3)23/h16-17,19H,8-15H2,1-7H3/t16-,17+,19-,22+/m0/s1. The maximum atomic E-state index is 11.6. The van der Waals surface area contributed by atoms with Crippen LogP contribution in [0.15, 0.2) is 0 Å². The minimum absolute atomic E-state index is 0.107. The van der Waals surface area contributed by atoms with Gasteiger partial charge in [-0.1, -0.05) is 41.0 Å². The van der Waals surface area contributed by atoms with Gasteiger partial charge in [0.25, 0.3) is 0 Å². The van der Waals surface area contributed by atoms with Crippen LogP contribution in [0.2, 0.25) is 0 Å². The van der Waals surface area contributed by atoms with E-state index in [0.717, 1.165) is 19.3 Å². The Balaban J connectivity index is 2.77. The van der Waals surface area contributed by atoms with E-state index in [2.05, 4.69) is 34.6 Å². The van der Waals surface area contributed by atoms with Crippen molar-refractivity contribution in [1.82, 2.24) is 0 Å². The molecule has 1 rings (SSSR count). The average Bonchev–Trinajstić information content (AvgIpc) is 2.50. The van der Waals surface area contributed by atoms with Crippen molar-refractivity contribution >= 4 is 11.8 Å². The number of Topliss-reactive ketones (excluding diaryl/α,β-unsaturated/α-hetero) is 1. The molecule has 25 heavy (non-hydrogen) atoms. The van der Waals surface area contributed by atoms with Crippen molar-refractivity contribution in [3.05, 3.63) is 0 Å². The molecule has 0 heterocycles. The summed E-state index contributed by atoms with van der Waals surface area (Å²) in [6.07, 6.45) is 8.23. The molecular weight excluding hydrogens is 312 g/mol. The lowest BCUT2D eigenvalue weighted by Gasteiger charge is -2.54. The third-order valence-corrected chi connectivity index (χ3v) is 7.02. The van der Waals surface area contributed by atoms with E-state index in [1.165, 1.54) is 26.4 Å². The highest BCUT2D eigenvalue weighted by molar-refractivity contribution is 5.75. The van der Waals surface area contributed by atoms with Gasteiger partial charge in [0.15, 0.2) is 0 Å². The molecule has 146 valence electrons. The molecule has 1 saturated carbocycles. The van der Waals surface area contributed by atoms with Crippen LogP contribution < -0.4 is 0 Å². The van der Waals surface area contributed by atoms with E-state index in [0.29, 0.717) is 41.8 Å². The zero-order chi connectivity index (χ0) is 19.3. The van der Waals surface area contributed by atoms with Gasteiger partial charge in [0, 0.05) is 12.8 Å². The van der Waals surface area contributed by atoms with Crippen LogP contribution in [0, 0.1) is 28.6 Å². The summed E-state index contributed by atoms with van der Waals surface area (Å²) in [5, 5.41) is 0. The van der Waals surface area contributed by atoms with E-state index >= 15 is 0 Å². The maximum absolute atomic E-state index is 11.6. The highest BCUT2D eigenvalue weighted by Gasteiger charge is 2.48. The van der Waals surface area contributed by atoms with Crippen LogP contribution in [0.25, 0.3) is 0 Å². The molecule has 0 aromatic rings. The van der Waals surface area contributed by atoms with E-state index in [1.807, 2.05) is 0 Å². The van der Waals surface area contributed by atoms with E-state index < -0.39 is 0 Å². The molecule has 3 nitrogen and oxygen atoms in total. The van der Waals surface area contributed by atoms with Crippen LogP contribution >= 0.6 is 0 Å². The lowest BCUT2D eigenvalue weighted by Crippen LogP contribution is -2.46. The van der Waals surface area contributed by atoms with Crippen molar-refractivity contribution < 1.29 is 14.3 Å². The molecular formula is C22H40O3. The first-order chi connectivity index (χ1) is 11.5. The second kappa shape index (κ2) is 9.19. The Bertz CT molecular complexity index is 454. The van der Waals surface area contributed by atoms with Gasteiger partial charge in [-0.05, 0) is 67.6 Å². The predicted molar refractivity (Wildman–Crippen MR) is 103 cm³/mol. The molecule has 1 aliphatic rings. The van der Waals surface area contributed by atoms with E-state index in [1.54, 1.807) is 6.92 Å². The largest absolute Gasteiger partial charge is 0.469 e. The Morgan fingerprint density at radius 3 is 2.32 bits per heavy atom. The van der Waals surface area contributed by atoms with Crippen molar-refractivity contribution in [3.8, 4) is 0 Å². The summed E-state index contributed by atoms with van der Waals surface area (Å²) in [4.78, 5) is 23.0. The number of rotatable bonds is 9. The maximum Gasteiger partial charge on any atom is 0.305 e. The second-order valence-electron chi connectivity index (χ2n) is 9.51. The van der Waals surface area contributed by atoms with Gasteiger partial charge in [-0.3, -0.25) is 4.79 Å². The van der Waals surface area contributed by atoms with Crippen molar-refractivity contribution in [2.45, 2.75) is 92.9 Å². The predicted octanol–water partition coefficient (Wildman–Crippen LogP) is 5.80. The van der Waals surface area contributed by atoms with Crippen LogP contribution in [-0.4, -0.2) is 18.9 Å². The summed E-state index contributed by atoms with van der Waals surface area (Å²) in [6, 6.07) is 0. The smallest absolute Gasteiger partial charge is 0.305 e. The summed E-state index contributed by atoms with van der Waals surface area (Å²) >= 11 is 0. The summed E-state index contributed by atoms with van der Waals surface area (Å²) in [5.74, 6) is 1.76. The van der Waals surface area contributed by atoms with Crippen molar-refractivity contribution in [2.24, 2.45) is 28.6 Å². The molecule has 0 bridgehead atoms. The van der Waals surface area contributed by atoms with Gasteiger partial charge in [-0.25, -0.2) is 0 Å². The number of methoxy groups -OCH3 is 1. The van der Waals surface area contributed by atoms with Crippen LogP contribution in [0.3, 0.4) is 0 Å². The first-order valence-electron chi connectivity index (χ1n) is 10.1. The number of hydrogen-bond donors (Lipinski definition) is 0. The number of esters is 1. The van der Waals surface area contributed by atoms with Gasteiger partial charge in [0.05, 0.1) is 7.11 Å². The normalized spacial score (nSPS) is 28.2. The fraction of sp³-hybridized carbons (Fsp3) is 0.909. The number of ether oxygens (including phenoxy) is 1. The Labute approximate surface area is 155 Å². The van der Waals surface area contributed by atoms with E-state index in [4.69, 9.17) is 4.74 Å². The monoisotopic (exact) mass is 352 g/mol. The Morgan fingerprint density at radius 2 is 1.76 bits per heavy atom. The quantitative estimate of drug-likeness (QED) is 0.492. The lowest BCUT2D eigenvalue weighted by atomic mass is 9.51. The summed E-state index contributed by atoms with van der Waals surface area (Å²) in [7, 11) is 1.46. The second-order valence-corrected chi connectivity index (χ2v) is 9.51. The highest BCUT2D eigenvalue weighted by Crippen LogP contribution is 2.57. The molecule has 0 aromatic carbocycles. The first kappa shape index (κ1) is 22.2. The Hall–Kier alpha value is -0.860. The highest BCUT2D eigenvalue weighted by atomic mass is 16.5. The molecule has 0 unspecified atom stereocenters. The molecule has 0 aromatic heterocycles. The first-order valence-corrected chi connectivity index (χ1v) is 10.1. The van der Waals surface area contributed by atoms with Crippen molar-refractivity contribution in [1.29, 1.82) is 0 Å². The molecule has 0 radical (unpaired) electrons. The van der Waals surface area contributed by atoms with Gasteiger partial charge in [0.1, 0.15) is 5.78 Å². The third-order valence-electron chi connectivity index (χ3n) is 7.02. The van der Waals surface area contributed by atoms with Gasteiger partial charge in [0.2, 0.25) is 0 Å². The molecule has 1 fully saturated rings. The van der Waals surface area contributed by atoms with Crippen molar-refractivity contribution in [3.63, 3.8) is 0 Å². The van der Waals surface area contributed by atoms with Crippen LogP contribution in [0.4, 0.5) is 0 Å². The zero-order valence-corrected chi connectivity index (χ0v) is 17.6. The number of ketones is 1. The molecule has 0 N–H and O–H groups in total. The Morgan fingerprint density at radius 1 is 1.12 bits per heavy atom. The van der Waals surface area contributed by atoms with Crippen molar-refractivity contribution in [2.75, 3.05) is 7.11 Å². The summed E-state index contributed by atoms with van der Waals surface area (Å²) < 4.78 is 4.79. The van der Waals surface area contributed by atoms with Crippen LogP contribution in [0.1, 0.15) is 92.9 Å². The van der Waals surface area contributed by atoms with Crippen LogP contribution in [-0.2, 0) is 14.3 Å². The summed E-state index contributed by atoms with van der Waals surface area (Å²) in [6.45, 7) is 13.5. The van der Waals surface area contributed by atoms with Gasteiger partial charge >= 0.3 is 5.97 Å². The third kappa shape index (κ3) is 6.11. The van der Waals surface area contributed by atoms with Crippen LogP contribution in [0.5, 0.6) is 0 Å². The molecule has 0 spiro atoms. The SMILES string of the molecule is COC(=O)C[C@@H](C)CC[C@@H](C)[C@@]1(C)CCCC(C)(C)[C@@H]1CCC(C)=O. The number of carbonyl (C=O) groups excluding carboxylic acids is 2. The molecule has 0 aliphatic heterocycles. The van der Waals surface area contributed by atoms with E-state index in [9.17, 15) is 9.59 Å². The van der Waals surface area contributed by atoms with Gasteiger partial charge in [-0.2, -0.15) is 0 Å². The zero-order valence-electron chi connectivity index (χ0n) is 17.6. The molecule has 0 amide bonds. The lowest BCUT2D eigenvalue weighted by molar-refractivity contribution is -0.141. The topological polar surface area (TPSA) is 43.4 Å². The number of carbonyl (C=O) groups is 2. The van der Waals surface area contributed by atoms with E-state index in [-0.39, 0.29) is 11.4 Å². The minimum atomic E-state index is -0.107. The van der Waals surface area contributed by atoms with Gasteiger partial charge in [-0.15, -0.1) is 0 Å². The fourth-order valence-corrected chi connectivity index (χ4v) is 5.16. The molecule has 4 atom stereocenters. The minimum Gasteiger partial charge on any atom is -0.469 e. The van der Waals surface area contributed by atoms with Gasteiger partial charge < -0.3 is 9.53 Å². The summed E-state index contributed by atoms with van der Waals surface area (Å²) in [5.41, 5.74) is 0.580. The Kier molecular flexibility index (Phi) is 8.15. The molecule has 0 saturated heterocycles.